The molecule has 0 spiro atoms. The molecule has 158 valence electrons. The summed E-state index contributed by atoms with van der Waals surface area (Å²) in [7, 11) is 0. The topological polar surface area (TPSA) is 43.9 Å². The van der Waals surface area contributed by atoms with Crippen LogP contribution in [-0.2, 0) is 0 Å². The van der Waals surface area contributed by atoms with Gasteiger partial charge < -0.3 is 4.90 Å². The summed E-state index contributed by atoms with van der Waals surface area (Å²) >= 11 is 0. The lowest BCUT2D eigenvalue weighted by Gasteiger charge is -2.36. The van der Waals surface area contributed by atoms with E-state index in [-0.39, 0.29) is 11.8 Å². The predicted octanol–water partition coefficient (Wildman–Crippen LogP) is 3.96. The molecule has 5 heteroatoms. The van der Waals surface area contributed by atoms with Crippen molar-refractivity contribution in [1.29, 1.82) is 0 Å². The van der Waals surface area contributed by atoms with Gasteiger partial charge in [0, 0.05) is 54.9 Å². The summed E-state index contributed by atoms with van der Waals surface area (Å²) < 4.78 is 0. The van der Waals surface area contributed by atoms with E-state index in [1.165, 1.54) is 16.2 Å². The van der Waals surface area contributed by atoms with E-state index in [0.717, 1.165) is 49.9 Å². The first-order valence-electron chi connectivity index (χ1n) is 11.0. The number of nitrogens with zero attached hydrogens (tertiary/aromatic N) is 3. The Hall–Kier alpha value is -3.18. The van der Waals surface area contributed by atoms with Crippen LogP contribution in [0.15, 0.2) is 60.7 Å². The van der Waals surface area contributed by atoms with Crippen molar-refractivity contribution >= 4 is 28.3 Å². The molecular formula is C26H27N3O2. The molecule has 0 radical (unpaired) electrons. The largest absolute Gasteiger partial charge is 0.369 e. The number of hydrogen-bond acceptors (Lipinski definition) is 4. The molecule has 2 heterocycles. The average Bonchev–Trinajstić information content (AvgIpc) is 2.80. The van der Waals surface area contributed by atoms with Gasteiger partial charge in [0.1, 0.15) is 0 Å². The molecule has 0 N–H and O–H groups in total. The van der Waals surface area contributed by atoms with Crippen LogP contribution in [0.3, 0.4) is 0 Å². The minimum atomic E-state index is -0.168. The summed E-state index contributed by atoms with van der Waals surface area (Å²) in [6.07, 6.45) is 0.792. The van der Waals surface area contributed by atoms with Gasteiger partial charge in [-0.25, -0.2) is 0 Å². The van der Waals surface area contributed by atoms with E-state index < -0.39 is 0 Å². The van der Waals surface area contributed by atoms with Gasteiger partial charge in [-0.15, -0.1) is 0 Å². The van der Waals surface area contributed by atoms with Crippen LogP contribution in [0.25, 0.3) is 10.8 Å². The van der Waals surface area contributed by atoms with Crippen molar-refractivity contribution in [2.75, 3.05) is 44.2 Å². The summed E-state index contributed by atoms with van der Waals surface area (Å²) in [5.41, 5.74) is 3.85. The fourth-order valence-corrected chi connectivity index (χ4v) is 4.79. The zero-order valence-corrected chi connectivity index (χ0v) is 17.9. The molecule has 0 atom stereocenters. The van der Waals surface area contributed by atoms with E-state index in [4.69, 9.17) is 0 Å². The van der Waals surface area contributed by atoms with Crippen LogP contribution in [0.2, 0.25) is 0 Å². The summed E-state index contributed by atoms with van der Waals surface area (Å²) in [5, 5.41) is 1.74. The fraction of sp³-hybridized carbons (Fsp3) is 0.308. The number of piperazine rings is 1. The van der Waals surface area contributed by atoms with Crippen molar-refractivity contribution < 1.29 is 9.59 Å². The SMILES string of the molecule is Cc1cccc(N2CCN(CCCN3C(=O)c4cccc5cccc(c45)C3=O)CC2)c1. The Balaban J connectivity index is 1.19. The monoisotopic (exact) mass is 413 g/mol. The maximum Gasteiger partial charge on any atom is 0.261 e. The molecule has 0 unspecified atom stereocenters. The third-order valence-corrected chi connectivity index (χ3v) is 6.45. The number of carbonyl (C=O) groups is 2. The molecule has 0 bridgehead atoms. The average molecular weight is 414 g/mol. The smallest absolute Gasteiger partial charge is 0.261 e. The Morgan fingerprint density at radius 3 is 2.06 bits per heavy atom. The van der Waals surface area contributed by atoms with E-state index in [1.54, 1.807) is 0 Å². The van der Waals surface area contributed by atoms with Gasteiger partial charge in [-0.05, 0) is 55.1 Å². The molecule has 1 saturated heterocycles. The Labute approximate surface area is 182 Å². The number of amides is 2. The molecule has 3 aromatic rings. The van der Waals surface area contributed by atoms with Crippen molar-refractivity contribution in [2.45, 2.75) is 13.3 Å². The third kappa shape index (κ3) is 3.70. The normalized spacial score (nSPS) is 16.9. The standard InChI is InChI=1S/C26H27N3O2/c1-19-6-2-9-21(18-19)28-16-14-27(15-17-28)12-5-13-29-25(30)22-10-3-7-20-8-4-11-23(24(20)22)26(29)31/h2-4,6-11,18H,5,12-17H2,1H3. The second-order valence-electron chi connectivity index (χ2n) is 8.49. The number of carbonyl (C=O) groups excluding carboxylic acids is 2. The highest BCUT2D eigenvalue weighted by molar-refractivity contribution is 6.25. The van der Waals surface area contributed by atoms with E-state index in [1.807, 2.05) is 36.4 Å². The molecule has 5 rings (SSSR count). The Bertz CT molecular complexity index is 1100. The molecular weight excluding hydrogens is 386 g/mol. The van der Waals surface area contributed by atoms with Crippen LogP contribution in [0.1, 0.15) is 32.7 Å². The third-order valence-electron chi connectivity index (χ3n) is 6.45. The van der Waals surface area contributed by atoms with Crippen molar-refractivity contribution in [3.05, 3.63) is 77.4 Å². The van der Waals surface area contributed by atoms with Gasteiger partial charge in [-0.3, -0.25) is 19.4 Å². The van der Waals surface area contributed by atoms with Crippen molar-refractivity contribution in [3.8, 4) is 0 Å². The van der Waals surface area contributed by atoms with Crippen LogP contribution >= 0.6 is 0 Å². The van der Waals surface area contributed by atoms with E-state index in [0.29, 0.717) is 17.7 Å². The first-order valence-corrected chi connectivity index (χ1v) is 11.0. The zero-order valence-electron chi connectivity index (χ0n) is 17.9. The molecule has 31 heavy (non-hydrogen) atoms. The van der Waals surface area contributed by atoms with Gasteiger partial charge in [0.05, 0.1) is 0 Å². The number of anilines is 1. The number of hydrogen-bond donors (Lipinski definition) is 0. The second kappa shape index (κ2) is 8.16. The summed E-state index contributed by atoms with van der Waals surface area (Å²) in [4.78, 5) is 32.3. The predicted molar refractivity (Wildman–Crippen MR) is 124 cm³/mol. The van der Waals surface area contributed by atoms with E-state index in [2.05, 4.69) is 41.0 Å². The quantitative estimate of drug-likeness (QED) is 0.594. The van der Waals surface area contributed by atoms with Crippen molar-refractivity contribution in [3.63, 3.8) is 0 Å². The molecule has 2 amide bonds. The van der Waals surface area contributed by atoms with Crippen LogP contribution in [-0.4, -0.2) is 60.9 Å². The minimum Gasteiger partial charge on any atom is -0.369 e. The molecule has 0 saturated carbocycles. The molecule has 1 fully saturated rings. The van der Waals surface area contributed by atoms with Gasteiger partial charge in [0.15, 0.2) is 0 Å². The van der Waals surface area contributed by atoms with Crippen molar-refractivity contribution in [2.24, 2.45) is 0 Å². The van der Waals surface area contributed by atoms with Gasteiger partial charge >= 0.3 is 0 Å². The Morgan fingerprint density at radius 1 is 0.774 bits per heavy atom. The number of imide groups is 1. The zero-order chi connectivity index (χ0) is 21.4. The second-order valence-corrected chi connectivity index (χ2v) is 8.49. The molecule has 5 nitrogen and oxygen atoms in total. The van der Waals surface area contributed by atoms with Crippen molar-refractivity contribution in [1.82, 2.24) is 9.80 Å². The van der Waals surface area contributed by atoms with Gasteiger partial charge in [0.2, 0.25) is 0 Å². The maximum absolute atomic E-state index is 13.0. The van der Waals surface area contributed by atoms with Crippen LogP contribution in [0.5, 0.6) is 0 Å². The molecule has 0 aromatic heterocycles. The van der Waals surface area contributed by atoms with Gasteiger partial charge in [0.25, 0.3) is 11.8 Å². The first-order chi connectivity index (χ1) is 15.1. The lowest BCUT2D eigenvalue weighted by molar-refractivity contribution is 0.0603. The van der Waals surface area contributed by atoms with Crippen LogP contribution in [0.4, 0.5) is 5.69 Å². The highest BCUT2D eigenvalue weighted by Crippen LogP contribution is 2.30. The van der Waals surface area contributed by atoms with Gasteiger partial charge in [-0.1, -0.05) is 36.4 Å². The highest BCUT2D eigenvalue weighted by Gasteiger charge is 2.32. The highest BCUT2D eigenvalue weighted by atomic mass is 16.2. The van der Waals surface area contributed by atoms with Crippen LogP contribution < -0.4 is 4.90 Å². The first kappa shape index (κ1) is 19.8. The molecule has 3 aromatic carbocycles. The number of aryl methyl sites for hydroxylation is 1. The molecule has 2 aliphatic heterocycles. The maximum atomic E-state index is 13.0. The minimum absolute atomic E-state index is 0.168. The molecule has 0 aliphatic carbocycles. The Morgan fingerprint density at radius 2 is 1.42 bits per heavy atom. The Kier molecular flexibility index (Phi) is 5.20. The molecule has 2 aliphatic rings. The summed E-state index contributed by atoms with van der Waals surface area (Å²) in [6.45, 7) is 7.48. The lowest BCUT2D eigenvalue weighted by atomic mass is 9.94. The summed E-state index contributed by atoms with van der Waals surface area (Å²) in [6, 6.07) is 20.0. The number of rotatable bonds is 5. The van der Waals surface area contributed by atoms with E-state index >= 15 is 0 Å². The number of benzene rings is 3. The summed E-state index contributed by atoms with van der Waals surface area (Å²) in [5.74, 6) is -0.336. The fourth-order valence-electron chi connectivity index (χ4n) is 4.79. The van der Waals surface area contributed by atoms with E-state index in [9.17, 15) is 9.59 Å². The van der Waals surface area contributed by atoms with Gasteiger partial charge in [-0.2, -0.15) is 0 Å². The van der Waals surface area contributed by atoms with Crippen LogP contribution in [0, 0.1) is 6.92 Å². The lowest BCUT2D eigenvalue weighted by Crippen LogP contribution is -2.47.